The van der Waals surface area contributed by atoms with Crippen molar-refractivity contribution in [1.29, 1.82) is 0 Å². The molecule has 0 fully saturated rings. The second-order valence-electron chi connectivity index (χ2n) is 4.98. The molecule has 0 aromatic heterocycles. The minimum absolute atomic E-state index is 0.00570. The molecule has 112 valence electrons. The molecule has 0 saturated heterocycles. The molecule has 0 unspecified atom stereocenters. The van der Waals surface area contributed by atoms with Crippen LogP contribution in [0.1, 0.15) is 37.7 Å². The van der Waals surface area contributed by atoms with Crippen LogP contribution in [0.2, 0.25) is 0 Å². The average molecular weight is 278 g/mol. The van der Waals surface area contributed by atoms with E-state index in [9.17, 15) is 4.79 Å². The van der Waals surface area contributed by atoms with E-state index in [2.05, 4.69) is 0 Å². The van der Waals surface area contributed by atoms with Crippen molar-refractivity contribution >= 4 is 5.91 Å². The zero-order chi connectivity index (χ0) is 14.6. The van der Waals surface area contributed by atoms with Crippen LogP contribution in [0, 0.1) is 0 Å². The number of aliphatic hydroxyl groups is 1. The van der Waals surface area contributed by atoms with Crippen LogP contribution in [0.4, 0.5) is 0 Å². The van der Waals surface area contributed by atoms with Gasteiger partial charge in [0.25, 0.3) is 0 Å². The number of unbranched alkanes of at least 4 members (excludes halogenated alkanes) is 3. The van der Waals surface area contributed by atoms with Crippen molar-refractivity contribution in [3.05, 3.63) is 35.9 Å². The lowest BCUT2D eigenvalue weighted by Crippen LogP contribution is -2.32. The predicted molar refractivity (Wildman–Crippen MR) is 81.1 cm³/mol. The van der Waals surface area contributed by atoms with E-state index in [1.54, 1.807) is 4.90 Å². The largest absolute Gasteiger partial charge is 0.395 e. The molecule has 4 heteroatoms. The molecule has 20 heavy (non-hydrogen) atoms. The van der Waals surface area contributed by atoms with Crippen molar-refractivity contribution < 1.29 is 9.90 Å². The quantitative estimate of drug-likeness (QED) is 0.643. The smallest absolute Gasteiger partial charge is 0.222 e. The van der Waals surface area contributed by atoms with E-state index in [0.29, 0.717) is 19.5 Å². The van der Waals surface area contributed by atoms with Gasteiger partial charge < -0.3 is 15.7 Å². The van der Waals surface area contributed by atoms with Crippen LogP contribution >= 0.6 is 0 Å². The Labute approximate surface area is 121 Å². The van der Waals surface area contributed by atoms with Crippen LogP contribution < -0.4 is 5.73 Å². The molecule has 0 heterocycles. The number of nitrogens with two attached hydrogens (primary N) is 1. The molecule has 0 aliphatic rings. The zero-order valence-electron chi connectivity index (χ0n) is 12.1. The van der Waals surface area contributed by atoms with Gasteiger partial charge in [-0.2, -0.15) is 0 Å². The molecular weight excluding hydrogens is 252 g/mol. The Balaban J connectivity index is 2.38. The number of benzene rings is 1. The summed E-state index contributed by atoms with van der Waals surface area (Å²) in [5, 5.41) is 9.10. The summed E-state index contributed by atoms with van der Waals surface area (Å²) in [7, 11) is 0. The van der Waals surface area contributed by atoms with Crippen LogP contribution in [0.25, 0.3) is 0 Å². The molecule has 3 N–H and O–H groups in total. The first kappa shape index (κ1) is 16.7. The Hall–Kier alpha value is -1.39. The SMILES string of the molecule is NCCCCCCC(=O)N(CCO)Cc1ccccc1. The maximum Gasteiger partial charge on any atom is 0.222 e. The summed E-state index contributed by atoms with van der Waals surface area (Å²) < 4.78 is 0. The fourth-order valence-corrected chi connectivity index (χ4v) is 2.15. The third-order valence-corrected chi connectivity index (χ3v) is 3.28. The van der Waals surface area contributed by atoms with E-state index < -0.39 is 0 Å². The normalized spacial score (nSPS) is 10.5. The molecular formula is C16H26N2O2. The Bertz CT molecular complexity index is 368. The molecule has 0 aliphatic carbocycles. The van der Waals surface area contributed by atoms with E-state index in [1.807, 2.05) is 30.3 Å². The van der Waals surface area contributed by atoms with Gasteiger partial charge in [0, 0.05) is 19.5 Å². The second-order valence-corrected chi connectivity index (χ2v) is 4.98. The van der Waals surface area contributed by atoms with E-state index in [-0.39, 0.29) is 12.5 Å². The van der Waals surface area contributed by atoms with Gasteiger partial charge in [0.05, 0.1) is 6.61 Å². The van der Waals surface area contributed by atoms with Crippen molar-refractivity contribution in [2.45, 2.75) is 38.6 Å². The van der Waals surface area contributed by atoms with Gasteiger partial charge in [0.1, 0.15) is 0 Å². The molecule has 0 spiro atoms. The Morgan fingerprint density at radius 1 is 1.10 bits per heavy atom. The highest BCUT2D eigenvalue weighted by Crippen LogP contribution is 2.09. The Morgan fingerprint density at radius 2 is 1.80 bits per heavy atom. The van der Waals surface area contributed by atoms with Crippen LogP contribution in [-0.4, -0.2) is 35.6 Å². The first-order valence-corrected chi connectivity index (χ1v) is 7.40. The molecule has 0 atom stereocenters. The monoisotopic (exact) mass is 278 g/mol. The maximum absolute atomic E-state index is 12.2. The van der Waals surface area contributed by atoms with Crippen LogP contribution in [0.3, 0.4) is 0 Å². The van der Waals surface area contributed by atoms with Gasteiger partial charge in [-0.3, -0.25) is 4.79 Å². The summed E-state index contributed by atoms with van der Waals surface area (Å²) in [6.07, 6.45) is 4.61. The number of rotatable bonds is 10. The Kier molecular flexibility index (Phi) is 8.67. The molecule has 0 aliphatic heterocycles. The molecule has 0 saturated carbocycles. The first-order chi connectivity index (χ1) is 9.77. The fraction of sp³-hybridized carbons (Fsp3) is 0.562. The number of amides is 1. The summed E-state index contributed by atoms with van der Waals surface area (Å²) >= 11 is 0. The lowest BCUT2D eigenvalue weighted by atomic mass is 10.1. The van der Waals surface area contributed by atoms with E-state index in [1.165, 1.54) is 0 Å². The van der Waals surface area contributed by atoms with Gasteiger partial charge in [0.2, 0.25) is 5.91 Å². The number of hydrogen-bond donors (Lipinski definition) is 2. The third-order valence-electron chi connectivity index (χ3n) is 3.28. The summed E-state index contributed by atoms with van der Waals surface area (Å²) in [5.74, 6) is 0.121. The van der Waals surface area contributed by atoms with Gasteiger partial charge in [-0.15, -0.1) is 0 Å². The minimum Gasteiger partial charge on any atom is -0.395 e. The summed E-state index contributed by atoms with van der Waals surface area (Å²) in [6.45, 7) is 1.70. The average Bonchev–Trinajstić information content (AvgIpc) is 2.47. The minimum atomic E-state index is 0.00570. The van der Waals surface area contributed by atoms with E-state index >= 15 is 0 Å². The highest BCUT2D eigenvalue weighted by atomic mass is 16.3. The molecule has 0 radical (unpaired) electrons. The van der Waals surface area contributed by atoms with Crippen molar-refractivity contribution in [3.63, 3.8) is 0 Å². The number of nitrogens with zero attached hydrogens (tertiary/aromatic N) is 1. The van der Waals surface area contributed by atoms with Gasteiger partial charge in [0.15, 0.2) is 0 Å². The fourth-order valence-electron chi connectivity index (χ4n) is 2.15. The summed E-state index contributed by atoms with van der Waals surface area (Å²) in [4.78, 5) is 13.9. The van der Waals surface area contributed by atoms with Gasteiger partial charge >= 0.3 is 0 Å². The topological polar surface area (TPSA) is 66.6 Å². The predicted octanol–water partition coefficient (Wildman–Crippen LogP) is 1.92. The second kappa shape index (κ2) is 10.4. The van der Waals surface area contributed by atoms with Gasteiger partial charge in [-0.05, 0) is 24.9 Å². The molecule has 0 bridgehead atoms. The van der Waals surface area contributed by atoms with E-state index in [4.69, 9.17) is 10.8 Å². The maximum atomic E-state index is 12.2. The van der Waals surface area contributed by atoms with Gasteiger partial charge in [-0.1, -0.05) is 43.2 Å². The van der Waals surface area contributed by atoms with Crippen molar-refractivity contribution in [2.24, 2.45) is 5.73 Å². The van der Waals surface area contributed by atoms with E-state index in [0.717, 1.165) is 37.8 Å². The number of hydrogen-bond acceptors (Lipinski definition) is 3. The molecule has 1 rings (SSSR count). The Morgan fingerprint density at radius 3 is 2.45 bits per heavy atom. The zero-order valence-corrected chi connectivity index (χ0v) is 12.1. The van der Waals surface area contributed by atoms with Crippen molar-refractivity contribution in [1.82, 2.24) is 4.90 Å². The number of aliphatic hydroxyl groups excluding tert-OH is 1. The summed E-state index contributed by atoms with van der Waals surface area (Å²) in [5.41, 5.74) is 6.54. The highest BCUT2D eigenvalue weighted by Gasteiger charge is 2.12. The number of carbonyl (C=O) groups is 1. The van der Waals surface area contributed by atoms with Crippen LogP contribution in [0.5, 0.6) is 0 Å². The number of carbonyl (C=O) groups excluding carboxylic acids is 1. The summed E-state index contributed by atoms with van der Waals surface area (Å²) in [6, 6.07) is 9.88. The molecule has 1 amide bonds. The lowest BCUT2D eigenvalue weighted by molar-refractivity contribution is -0.132. The standard InChI is InChI=1S/C16H26N2O2/c17-11-7-2-1-6-10-16(20)18(12-13-19)14-15-8-4-3-5-9-15/h3-5,8-9,19H,1-2,6-7,10-14,17H2. The first-order valence-electron chi connectivity index (χ1n) is 7.40. The third kappa shape index (κ3) is 6.68. The lowest BCUT2D eigenvalue weighted by Gasteiger charge is -2.22. The van der Waals surface area contributed by atoms with Crippen LogP contribution in [-0.2, 0) is 11.3 Å². The van der Waals surface area contributed by atoms with Crippen LogP contribution in [0.15, 0.2) is 30.3 Å². The van der Waals surface area contributed by atoms with Crippen molar-refractivity contribution in [2.75, 3.05) is 19.7 Å². The molecule has 1 aromatic carbocycles. The molecule has 4 nitrogen and oxygen atoms in total. The highest BCUT2D eigenvalue weighted by molar-refractivity contribution is 5.76. The van der Waals surface area contributed by atoms with Crippen molar-refractivity contribution in [3.8, 4) is 0 Å². The molecule has 1 aromatic rings. The van der Waals surface area contributed by atoms with Gasteiger partial charge in [-0.25, -0.2) is 0 Å².